The minimum atomic E-state index is -0.760. The van der Waals surface area contributed by atoms with Gasteiger partial charge in [-0.1, -0.05) is 15.9 Å². The van der Waals surface area contributed by atoms with Crippen LogP contribution in [0.25, 0.3) is 0 Å². The number of aromatic nitrogens is 2. The molecule has 0 saturated heterocycles. The largest absolute Gasteiger partial charge is 0.433 e. The lowest BCUT2D eigenvalue weighted by atomic mass is 10.3. The fourth-order valence-corrected chi connectivity index (χ4v) is 1.66. The van der Waals surface area contributed by atoms with Gasteiger partial charge < -0.3 is 10.1 Å². The van der Waals surface area contributed by atoms with Crippen LogP contribution < -0.4 is 10.1 Å². The first-order valence-corrected chi connectivity index (χ1v) is 6.28. The summed E-state index contributed by atoms with van der Waals surface area (Å²) in [5.41, 5.74) is 0. The minimum Gasteiger partial charge on any atom is -0.433 e. The molecule has 1 aromatic carbocycles. The monoisotopic (exact) mass is 329 g/mol. The van der Waals surface area contributed by atoms with Crippen molar-refractivity contribution in [2.45, 2.75) is 6.92 Å². The molecule has 0 spiro atoms. The van der Waals surface area contributed by atoms with E-state index in [1.807, 2.05) is 6.92 Å². The zero-order chi connectivity index (χ0) is 13.8. The smallest absolute Gasteiger partial charge is 0.260 e. The van der Waals surface area contributed by atoms with Crippen LogP contribution in [-0.4, -0.2) is 16.5 Å². The molecule has 2 aromatic rings. The summed E-state index contributed by atoms with van der Waals surface area (Å²) in [7, 11) is 0. The van der Waals surface area contributed by atoms with Gasteiger partial charge in [-0.25, -0.2) is 9.37 Å². The average Bonchev–Trinajstić information content (AvgIpc) is 2.37. The Bertz CT molecular complexity index is 595. The molecule has 2 rings (SSSR count). The van der Waals surface area contributed by atoms with E-state index in [9.17, 15) is 8.78 Å². The Hall–Kier alpha value is -1.76. The Labute approximate surface area is 117 Å². The standard InChI is InChI=1S/C12H10BrF2N3O/c1-2-16-12-17-6-9(15)11(18-12)19-10-4-3-7(13)5-8(10)14/h3-6H,2H2,1H3,(H,16,17,18). The number of hydrogen-bond acceptors (Lipinski definition) is 4. The quantitative estimate of drug-likeness (QED) is 0.928. The highest BCUT2D eigenvalue weighted by atomic mass is 79.9. The Morgan fingerprint density at radius 1 is 1.32 bits per heavy atom. The highest BCUT2D eigenvalue weighted by Crippen LogP contribution is 2.27. The first kappa shape index (κ1) is 13.7. The van der Waals surface area contributed by atoms with E-state index in [2.05, 4.69) is 31.2 Å². The summed E-state index contributed by atoms with van der Waals surface area (Å²) in [5, 5.41) is 2.81. The van der Waals surface area contributed by atoms with Crippen molar-refractivity contribution in [1.82, 2.24) is 9.97 Å². The van der Waals surface area contributed by atoms with Crippen LogP contribution >= 0.6 is 15.9 Å². The van der Waals surface area contributed by atoms with Crippen LogP contribution in [0.2, 0.25) is 0 Å². The molecule has 0 saturated carbocycles. The summed E-state index contributed by atoms with van der Waals surface area (Å²) < 4.78 is 32.8. The van der Waals surface area contributed by atoms with Gasteiger partial charge in [0.05, 0.1) is 6.20 Å². The van der Waals surface area contributed by atoms with Gasteiger partial charge in [0.25, 0.3) is 5.88 Å². The topological polar surface area (TPSA) is 47.0 Å². The maximum atomic E-state index is 13.6. The molecule has 0 aliphatic carbocycles. The van der Waals surface area contributed by atoms with E-state index in [-0.39, 0.29) is 17.6 Å². The fraction of sp³-hybridized carbons (Fsp3) is 0.167. The molecule has 0 bridgehead atoms. The van der Waals surface area contributed by atoms with Gasteiger partial charge in [0.2, 0.25) is 11.8 Å². The summed E-state index contributed by atoms with van der Waals surface area (Å²) in [6, 6.07) is 4.19. The second kappa shape index (κ2) is 5.92. The number of anilines is 1. The second-order valence-electron chi connectivity index (χ2n) is 3.55. The third-order valence-corrected chi connectivity index (χ3v) is 2.64. The molecule has 0 unspecified atom stereocenters. The van der Waals surface area contributed by atoms with Crippen molar-refractivity contribution in [3.63, 3.8) is 0 Å². The van der Waals surface area contributed by atoms with Crippen molar-refractivity contribution < 1.29 is 13.5 Å². The molecule has 0 fully saturated rings. The molecule has 0 radical (unpaired) electrons. The van der Waals surface area contributed by atoms with E-state index >= 15 is 0 Å². The predicted molar refractivity (Wildman–Crippen MR) is 70.3 cm³/mol. The first-order valence-electron chi connectivity index (χ1n) is 5.49. The van der Waals surface area contributed by atoms with Crippen LogP contribution in [0.1, 0.15) is 6.92 Å². The zero-order valence-electron chi connectivity index (χ0n) is 9.95. The summed E-state index contributed by atoms with van der Waals surface area (Å²) in [6.07, 6.45) is 0.969. The summed E-state index contributed by atoms with van der Waals surface area (Å²) >= 11 is 3.12. The van der Waals surface area contributed by atoms with Gasteiger partial charge >= 0.3 is 0 Å². The Balaban J connectivity index is 2.29. The molecular formula is C12H10BrF2N3O. The second-order valence-corrected chi connectivity index (χ2v) is 4.47. The van der Waals surface area contributed by atoms with Gasteiger partial charge in [0.1, 0.15) is 0 Å². The highest BCUT2D eigenvalue weighted by Gasteiger charge is 2.12. The Morgan fingerprint density at radius 2 is 2.11 bits per heavy atom. The molecule has 0 amide bonds. The number of rotatable bonds is 4. The lowest BCUT2D eigenvalue weighted by molar-refractivity contribution is 0.397. The molecule has 0 aliphatic rings. The number of ether oxygens (including phenoxy) is 1. The Morgan fingerprint density at radius 3 is 2.79 bits per heavy atom. The van der Waals surface area contributed by atoms with Crippen molar-refractivity contribution in [3.05, 3.63) is 40.5 Å². The van der Waals surface area contributed by atoms with Crippen LogP contribution in [0.5, 0.6) is 11.6 Å². The van der Waals surface area contributed by atoms with Crippen molar-refractivity contribution in [3.8, 4) is 11.6 Å². The van der Waals surface area contributed by atoms with Crippen LogP contribution in [0.15, 0.2) is 28.9 Å². The molecule has 1 N–H and O–H groups in total. The summed E-state index contributed by atoms with van der Waals surface area (Å²) in [5.74, 6) is -1.59. The maximum absolute atomic E-state index is 13.6. The molecule has 0 aliphatic heterocycles. The molecule has 0 atom stereocenters. The van der Waals surface area contributed by atoms with Gasteiger partial charge in [-0.2, -0.15) is 9.37 Å². The highest BCUT2D eigenvalue weighted by molar-refractivity contribution is 9.10. The zero-order valence-corrected chi connectivity index (χ0v) is 11.5. The number of halogens is 3. The molecule has 7 heteroatoms. The van der Waals surface area contributed by atoms with Gasteiger partial charge in [-0.05, 0) is 25.1 Å². The number of hydrogen-bond donors (Lipinski definition) is 1. The van der Waals surface area contributed by atoms with Crippen LogP contribution in [0.4, 0.5) is 14.7 Å². The van der Waals surface area contributed by atoms with Gasteiger partial charge in [-0.3, -0.25) is 0 Å². The summed E-state index contributed by atoms with van der Waals surface area (Å²) in [4.78, 5) is 7.55. The first-order chi connectivity index (χ1) is 9.10. The van der Waals surface area contributed by atoms with Crippen molar-refractivity contribution in [1.29, 1.82) is 0 Å². The van der Waals surface area contributed by atoms with E-state index in [1.54, 1.807) is 6.07 Å². The molecular weight excluding hydrogens is 320 g/mol. The average molecular weight is 330 g/mol. The normalized spacial score (nSPS) is 10.3. The fourth-order valence-electron chi connectivity index (χ4n) is 1.33. The van der Waals surface area contributed by atoms with Crippen molar-refractivity contribution in [2.75, 3.05) is 11.9 Å². The molecule has 4 nitrogen and oxygen atoms in total. The van der Waals surface area contributed by atoms with Crippen LogP contribution in [0.3, 0.4) is 0 Å². The van der Waals surface area contributed by atoms with Crippen molar-refractivity contribution in [2.24, 2.45) is 0 Å². The number of benzene rings is 1. The van der Waals surface area contributed by atoms with Crippen LogP contribution in [-0.2, 0) is 0 Å². The third kappa shape index (κ3) is 3.37. The third-order valence-electron chi connectivity index (χ3n) is 2.15. The molecule has 1 heterocycles. The van der Waals surface area contributed by atoms with Gasteiger partial charge in [-0.15, -0.1) is 0 Å². The summed E-state index contributed by atoms with van der Waals surface area (Å²) in [6.45, 7) is 2.43. The maximum Gasteiger partial charge on any atom is 0.260 e. The lowest BCUT2D eigenvalue weighted by Crippen LogP contribution is -2.04. The van der Waals surface area contributed by atoms with Gasteiger partial charge in [0, 0.05) is 11.0 Å². The molecule has 19 heavy (non-hydrogen) atoms. The number of nitrogens with one attached hydrogen (secondary N) is 1. The molecule has 100 valence electrons. The van der Waals surface area contributed by atoms with Crippen LogP contribution in [0, 0.1) is 11.6 Å². The van der Waals surface area contributed by atoms with E-state index in [0.717, 1.165) is 6.20 Å². The SMILES string of the molecule is CCNc1ncc(F)c(Oc2ccc(Br)cc2F)n1. The van der Waals surface area contributed by atoms with Crippen molar-refractivity contribution >= 4 is 21.9 Å². The van der Waals surface area contributed by atoms with Gasteiger partial charge in [0.15, 0.2) is 11.6 Å². The lowest BCUT2D eigenvalue weighted by Gasteiger charge is -2.08. The van der Waals surface area contributed by atoms with E-state index in [1.165, 1.54) is 12.1 Å². The minimum absolute atomic E-state index is 0.108. The number of nitrogens with zero attached hydrogens (tertiary/aromatic N) is 2. The van der Waals surface area contributed by atoms with E-state index in [0.29, 0.717) is 11.0 Å². The molecule has 1 aromatic heterocycles. The van der Waals surface area contributed by atoms with E-state index < -0.39 is 11.6 Å². The Kier molecular flexibility index (Phi) is 4.26. The van der Waals surface area contributed by atoms with E-state index in [4.69, 9.17) is 4.74 Å². The predicted octanol–water partition coefficient (Wildman–Crippen LogP) is 3.74.